The van der Waals surface area contributed by atoms with Gasteiger partial charge in [-0.25, -0.2) is 4.57 Å². The summed E-state index contributed by atoms with van der Waals surface area (Å²) in [6.45, 7) is 4.00. The number of hydrogen-bond acceptors (Lipinski definition) is 1. The van der Waals surface area contributed by atoms with E-state index in [0.717, 1.165) is 0 Å². The summed E-state index contributed by atoms with van der Waals surface area (Å²) in [5.74, 6) is 0. The Kier molecular flexibility index (Phi) is 31.8. The predicted molar refractivity (Wildman–Crippen MR) is 27.8 cm³/mol. The standard InChI is InChI=1S/C2H6.2Na.H3O4P.2H/c1-2;;;1-5(2,3)4;;/h1-2H3;;;(H3,1,2,3,4);;/q;2*+1;;2*-1. The van der Waals surface area contributed by atoms with E-state index in [9.17, 15) is 0 Å². The van der Waals surface area contributed by atoms with E-state index in [4.69, 9.17) is 19.2 Å². The largest absolute Gasteiger partial charge is 1.00 e. The smallest absolute Gasteiger partial charge is 1.00 e. The average Bonchev–Trinajstić information content (AvgIpc) is 1.36. The van der Waals surface area contributed by atoms with Crippen molar-refractivity contribution < 1.29 is 81.2 Å². The zero-order valence-electron chi connectivity index (χ0n) is 8.20. The topological polar surface area (TPSA) is 77.8 Å². The summed E-state index contributed by atoms with van der Waals surface area (Å²) in [7, 11) is -4.64. The van der Waals surface area contributed by atoms with Gasteiger partial charge in [0.15, 0.2) is 0 Å². The molecule has 0 heterocycles. The SMILES string of the molecule is CC.O=P(O)(O)O.[H-].[H-].[Na+].[Na+]. The molecule has 4 nitrogen and oxygen atoms in total. The van der Waals surface area contributed by atoms with Gasteiger partial charge in [0.1, 0.15) is 0 Å². The predicted octanol–water partition coefficient (Wildman–Crippen LogP) is -5.67. The Morgan fingerprint density at radius 3 is 1.11 bits per heavy atom. The Morgan fingerprint density at radius 2 is 1.11 bits per heavy atom. The second-order valence-corrected chi connectivity index (χ2v) is 1.54. The normalized spacial score (nSPS) is 7.22. The van der Waals surface area contributed by atoms with E-state index >= 15 is 0 Å². The molecule has 0 aliphatic carbocycles. The molecule has 7 heteroatoms. The summed E-state index contributed by atoms with van der Waals surface area (Å²) in [4.78, 5) is 21.6. The molecule has 0 aliphatic heterocycles. The third-order valence-corrected chi connectivity index (χ3v) is 0. The zero-order chi connectivity index (χ0) is 6.50. The van der Waals surface area contributed by atoms with Gasteiger partial charge >= 0.3 is 66.9 Å². The van der Waals surface area contributed by atoms with Crippen LogP contribution in [0.3, 0.4) is 0 Å². The molecule has 0 aromatic rings. The van der Waals surface area contributed by atoms with Crippen LogP contribution in [0.1, 0.15) is 16.7 Å². The van der Waals surface area contributed by atoms with Crippen LogP contribution in [0.5, 0.6) is 0 Å². The number of phosphoric acid groups is 1. The molecule has 3 N–H and O–H groups in total. The number of rotatable bonds is 0. The summed E-state index contributed by atoms with van der Waals surface area (Å²) in [6.07, 6.45) is 0. The minimum Gasteiger partial charge on any atom is -1.00 e. The van der Waals surface area contributed by atoms with Gasteiger partial charge in [0.2, 0.25) is 0 Å². The molecule has 0 aliphatic rings. The molecule has 0 aromatic carbocycles. The Labute approximate surface area is 102 Å². The van der Waals surface area contributed by atoms with Crippen LogP contribution in [0.4, 0.5) is 0 Å². The second-order valence-electron chi connectivity index (χ2n) is 0.513. The van der Waals surface area contributed by atoms with Gasteiger partial charge in [-0.15, -0.1) is 0 Å². The maximum atomic E-state index is 8.88. The molecule has 0 radical (unpaired) electrons. The van der Waals surface area contributed by atoms with Crippen molar-refractivity contribution in [3.63, 3.8) is 0 Å². The van der Waals surface area contributed by atoms with Gasteiger partial charge in [0, 0.05) is 0 Å². The van der Waals surface area contributed by atoms with Crippen LogP contribution in [0.25, 0.3) is 0 Å². The molecule has 0 saturated carbocycles. The molecule has 50 valence electrons. The van der Waals surface area contributed by atoms with E-state index in [1.807, 2.05) is 13.8 Å². The molecule has 0 bridgehead atoms. The van der Waals surface area contributed by atoms with Crippen LogP contribution in [0.2, 0.25) is 0 Å². The average molecular weight is 176 g/mol. The fourth-order valence-corrected chi connectivity index (χ4v) is 0. The maximum Gasteiger partial charge on any atom is 1.00 e. The number of hydrogen-bond donors (Lipinski definition) is 3. The van der Waals surface area contributed by atoms with E-state index in [-0.39, 0.29) is 62.0 Å². The molecule has 0 amide bonds. The van der Waals surface area contributed by atoms with Crippen LogP contribution in [0.15, 0.2) is 0 Å². The maximum absolute atomic E-state index is 8.88. The summed E-state index contributed by atoms with van der Waals surface area (Å²) in [5.41, 5.74) is 0. The van der Waals surface area contributed by atoms with Crippen molar-refractivity contribution in [2.75, 3.05) is 0 Å². The first-order valence-electron chi connectivity index (χ1n) is 1.78. The van der Waals surface area contributed by atoms with Crippen molar-refractivity contribution in [2.45, 2.75) is 13.8 Å². The molecule has 0 spiro atoms. The van der Waals surface area contributed by atoms with Crippen molar-refractivity contribution in [1.29, 1.82) is 0 Å². The van der Waals surface area contributed by atoms with Crippen molar-refractivity contribution >= 4 is 7.82 Å². The minimum atomic E-state index is -4.64. The molecule has 0 fully saturated rings. The first kappa shape index (κ1) is 22.5. The van der Waals surface area contributed by atoms with Crippen molar-refractivity contribution in [2.24, 2.45) is 0 Å². The van der Waals surface area contributed by atoms with E-state index in [2.05, 4.69) is 0 Å². The van der Waals surface area contributed by atoms with E-state index in [1.165, 1.54) is 0 Å². The molecule has 0 aromatic heterocycles. The molecule has 0 atom stereocenters. The monoisotopic (exact) mass is 176 g/mol. The molecular weight excluding hydrogens is 165 g/mol. The third kappa shape index (κ3) is 149. The Hall–Kier alpha value is 2.11. The summed E-state index contributed by atoms with van der Waals surface area (Å²) in [5, 5.41) is 0. The fourth-order valence-electron chi connectivity index (χ4n) is 0. The first-order chi connectivity index (χ1) is 3.00. The molecule has 0 saturated heterocycles. The molecule has 0 unspecified atom stereocenters. The Balaban J connectivity index is -0.00000000972. The van der Waals surface area contributed by atoms with Gasteiger partial charge < -0.3 is 17.5 Å². The van der Waals surface area contributed by atoms with Gasteiger partial charge in [-0.3, -0.25) is 0 Å². The quantitative estimate of drug-likeness (QED) is 0.254. The molecule has 0 rings (SSSR count). The third-order valence-electron chi connectivity index (χ3n) is 0. The van der Waals surface area contributed by atoms with Crippen LogP contribution in [0, 0.1) is 0 Å². The van der Waals surface area contributed by atoms with Crippen molar-refractivity contribution in [3.8, 4) is 0 Å². The minimum absolute atomic E-state index is 0. The van der Waals surface area contributed by atoms with Gasteiger partial charge in [-0.2, -0.15) is 0 Å². The summed E-state index contributed by atoms with van der Waals surface area (Å²) in [6, 6.07) is 0. The van der Waals surface area contributed by atoms with E-state index in [1.54, 1.807) is 0 Å². The van der Waals surface area contributed by atoms with Crippen molar-refractivity contribution in [3.05, 3.63) is 0 Å². The van der Waals surface area contributed by atoms with Gasteiger partial charge in [-0.1, -0.05) is 13.8 Å². The van der Waals surface area contributed by atoms with Crippen LogP contribution >= 0.6 is 7.82 Å². The van der Waals surface area contributed by atoms with Crippen LogP contribution in [-0.2, 0) is 4.57 Å². The Bertz CT molecular complexity index is 70.2. The first-order valence-corrected chi connectivity index (χ1v) is 3.35. The summed E-state index contributed by atoms with van der Waals surface area (Å²) < 4.78 is 8.88. The van der Waals surface area contributed by atoms with Crippen molar-refractivity contribution in [1.82, 2.24) is 0 Å². The zero-order valence-corrected chi connectivity index (χ0v) is 11.1. The summed E-state index contributed by atoms with van der Waals surface area (Å²) >= 11 is 0. The molecule has 9 heavy (non-hydrogen) atoms. The van der Waals surface area contributed by atoms with Gasteiger partial charge in [0.05, 0.1) is 0 Å². The van der Waals surface area contributed by atoms with E-state index in [0.29, 0.717) is 0 Å². The fraction of sp³-hybridized carbons (Fsp3) is 1.00. The molecular formula is C2H11Na2O4P. The van der Waals surface area contributed by atoms with Gasteiger partial charge in [0.25, 0.3) is 0 Å². The van der Waals surface area contributed by atoms with Crippen LogP contribution < -0.4 is 59.1 Å². The van der Waals surface area contributed by atoms with Gasteiger partial charge in [-0.05, 0) is 0 Å². The van der Waals surface area contributed by atoms with Crippen LogP contribution in [-0.4, -0.2) is 14.7 Å². The second kappa shape index (κ2) is 12.8. The Morgan fingerprint density at radius 1 is 1.11 bits per heavy atom. The van der Waals surface area contributed by atoms with E-state index < -0.39 is 7.82 Å².